The lowest BCUT2D eigenvalue weighted by Gasteiger charge is -2.37. The van der Waals surface area contributed by atoms with E-state index in [1.54, 1.807) is 48.5 Å². The Kier molecular flexibility index (Phi) is 6.41. The van der Waals surface area contributed by atoms with Gasteiger partial charge in [-0.05, 0) is 50.1 Å². The zero-order valence-corrected chi connectivity index (χ0v) is 18.2. The second-order valence-electron chi connectivity index (χ2n) is 8.46. The summed E-state index contributed by atoms with van der Waals surface area (Å²) in [7, 11) is 0. The fourth-order valence-corrected chi connectivity index (χ4v) is 4.30. The van der Waals surface area contributed by atoms with E-state index in [9.17, 15) is 14.7 Å². The quantitative estimate of drug-likeness (QED) is 0.605. The summed E-state index contributed by atoms with van der Waals surface area (Å²) in [5.74, 6) is -1.35. The van der Waals surface area contributed by atoms with Crippen molar-refractivity contribution in [3.05, 3.63) is 83.4 Å². The molecular weight excluding hydrogens is 408 g/mol. The van der Waals surface area contributed by atoms with Gasteiger partial charge in [0, 0.05) is 17.7 Å². The van der Waals surface area contributed by atoms with Crippen molar-refractivity contribution in [1.29, 1.82) is 0 Å². The Morgan fingerprint density at radius 3 is 1.97 bits per heavy atom. The molecule has 1 aliphatic carbocycles. The molecular formula is C25H28N2O5. The number of aliphatic hydroxyl groups is 1. The molecule has 168 valence electrons. The summed E-state index contributed by atoms with van der Waals surface area (Å²) >= 11 is 0. The molecule has 32 heavy (non-hydrogen) atoms. The Bertz CT molecular complexity index is 990. The standard InChI is InChI=1S/C25H28N2O5/c1-25(2)31-21-19(26-23(29)16-9-5-3-6-10-16)15-18(13-14-28)20(22(21)32-25)27-24(30)17-11-7-4-8-12-17/h3-12,15,19-22,28H,13-14H2,1-2H3,(H,26,29)(H,27,30)/t19-,20+,21+,22-/m1/s1. The maximum Gasteiger partial charge on any atom is 0.251 e. The van der Waals surface area contributed by atoms with E-state index in [1.807, 2.05) is 32.1 Å². The van der Waals surface area contributed by atoms with Crippen molar-refractivity contribution in [2.24, 2.45) is 0 Å². The van der Waals surface area contributed by atoms with Crippen LogP contribution in [-0.4, -0.2) is 53.6 Å². The average Bonchev–Trinajstić information content (AvgIpc) is 3.13. The van der Waals surface area contributed by atoms with Crippen molar-refractivity contribution in [3.63, 3.8) is 0 Å². The number of fused-ring (bicyclic) bond motifs is 1. The molecule has 3 N–H and O–H groups in total. The van der Waals surface area contributed by atoms with Crippen LogP contribution < -0.4 is 10.6 Å². The van der Waals surface area contributed by atoms with Gasteiger partial charge in [0.25, 0.3) is 11.8 Å². The second-order valence-corrected chi connectivity index (χ2v) is 8.46. The molecule has 7 heteroatoms. The summed E-state index contributed by atoms with van der Waals surface area (Å²) in [4.78, 5) is 25.7. The van der Waals surface area contributed by atoms with Gasteiger partial charge in [0.1, 0.15) is 12.2 Å². The van der Waals surface area contributed by atoms with Crippen molar-refractivity contribution in [2.75, 3.05) is 6.61 Å². The molecule has 1 aliphatic heterocycles. The SMILES string of the molecule is CC1(C)O[C@@H]2[C@H](O1)[C@@H](NC(=O)c1ccccc1)C(CCO)=C[C@H]2NC(=O)c1ccccc1. The maximum atomic E-state index is 12.9. The summed E-state index contributed by atoms with van der Waals surface area (Å²) in [5.41, 5.74) is 1.86. The molecule has 4 rings (SSSR count). The Morgan fingerprint density at radius 2 is 1.41 bits per heavy atom. The average molecular weight is 437 g/mol. The maximum absolute atomic E-state index is 12.9. The van der Waals surface area contributed by atoms with Crippen LogP contribution in [0.3, 0.4) is 0 Å². The fraction of sp³-hybridized carbons (Fsp3) is 0.360. The molecule has 0 unspecified atom stereocenters. The van der Waals surface area contributed by atoms with Gasteiger partial charge in [-0.2, -0.15) is 0 Å². The molecule has 4 atom stereocenters. The van der Waals surface area contributed by atoms with Crippen LogP contribution in [-0.2, 0) is 9.47 Å². The molecule has 0 aromatic heterocycles. The number of hydrogen-bond acceptors (Lipinski definition) is 5. The van der Waals surface area contributed by atoms with Gasteiger partial charge in [-0.3, -0.25) is 9.59 Å². The second kappa shape index (κ2) is 9.24. The molecule has 2 amide bonds. The molecule has 2 aromatic carbocycles. The van der Waals surface area contributed by atoms with Crippen LogP contribution in [0.25, 0.3) is 0 Å². The Balaban J connectivity index is 1.63. The molecule has 0 spiro atoms. The summed E-state index contributed by atoms with van der Waals surface area (Å²) in [6.45, 7) is 3.52. The summed E-state index contributed by atoms with van der Waals surface area (Å²) in [6.07, 6.45) is 1.19. The third kappa shape index (κ3) is 4.75. The van der Waals surface area contributed by atoms with Gasteiger partial charge >= 0.3 is 0 Å². The van der Waals surface area contributed by atoms with Crippen LogP contribution >= 0.6 is 0 Å². The minimum absolute atomic E-state index is 0.0927. The van der Waals surface area contributed by atoms with E-state index in [0.29, 0.717) is 17.5 Å². The van der Waals surface area contributed by atoms with Gasteiger partial charge in [-0.1, -0.05) is 42.5 Å². The van der Waals surface area contributed by atoms with E-state index >= 15 is 0 Å². The van der Waals surface area contributed by atoms with Gasteiger partial charge in [-0.15, -0.1) is 0 Å². The highest BCUT2D eigenvalue weighted by Gasteiger charge is 2.52. The minimum atomic E-state index is -0.886. The number of benzene rings is 2. The van der Waals surface area contributed by atoms with E-state index in [0.717, 1.165) is 5.57 Å². The predicted octanol–water partition coefficient (Wildman–Crippen LogP) is 2.43. The molecule has 1 fully saturated rings. The van der Waals surface area contributed by atoms with Gasteiger partial charge in [0.05, 0.1) is 12.1 Å². The van der Waals surface area contributed by atoms with Crippen LogP contribution in [0.1, 0.15) is 41.0 Å². The first-order valence-electron chi connectivity index (χ1n) is 10.8. The van der Waals surface area contributed by atoms with Gasteiger partial charge in [-0.25, -0.2) is 0 Å². The largest absolute Gasteiger partial charge is 0.396 e. The van der Waals surface area contributed by atoms with E-state index < -0.39 is 30.1 Å². The van der Waals surface area contributed by atoms with E-state index in [-0.39, 0.29) is 18.4 Å². The molecule has 2 aromatic rings. The molecule has 0 saturated carbocycles. The Morgan fingerprint density at radius 1 is 0.875 bits per heavy atom. The number of aliphatic hydroxyl groups excluding tert-OH is 1. The topological polar surface area (TPSA) is 96.9 Å². The molecule has 0 radical (unpaired) electrons. The van der Waals surface area contributed by atoms with Crippen molar-refractivity contribution in [3.8, 4) is 0 Å². The predicted molar refractivity (Wildman–Crippen MR) is 119 cm³/mol. The number of carbonyl (C=O) groups is 2. The van der Waals surface area contributed by atoms with Crippen LogP contribution in [0.15, 0.2) is 72.3 Å². The van der Waals surface area contributed by atoms with Crippen molar-refractivity contribution < 1.29 is 24.2 Å². The molecule has 0 bridgehead atoms. The first-order valence-corrected chi connectivity index (χ1v) is 10.8. The Labute approximate surface area is 187 Å². The molecule has 1 heterocycles. The first-order chi connectivity index (χ1) is 15.4. The first kappa shape index (κ1) is 22.2. The minimum Gasteiger partial charge on any atom is -0.396 e. The third-order valence-corrected chi connectivity index (χ3v) is 5.70. The van der Waals surface area contributed by atoms with Crippen molar-refractivity contribution in [1.82, 2.24) is 10.6 Å². The smallest absolute Gasteiger partial charge is 0.251 e. The van der Waals surface area contributed by atoms with Gasteiger partial charge < -0.3 is 25.2 Å². The van der Waals surface area contributed by atoms with E-state index in [1.165, 1.54) is 0 Å². The number of carbonyl (C=O) groups excluding carboxylic acids is 2. The highest BCUT2D eigenvalue weighted by Crippen LogP contribution is 2.38. The summed E-state index contributed by atoms with van der Waals surface area (Å²) < 4.78 is 12.3. The van der Waals surface area contributed by atoms with Crippen LogP contribution in [0.5, 0.6) is 0 Å². The number of ether oxygens (including phenoxy) is 2. The molecule has 2 aliphatic rings. The van der Waals surface area contributed by atoms with Gasteiger partial charge in [0.15, 0.2) is 5.79 Å². The zero-order chi connectivity index (χ0) is 22.7. The highest BCUT2D eigenvalue weighted by atomic mass is 16.8. The summed E-state index contributed by atoms with van der Waals surface area (Å²) in [6, 6.07) is 16.9. The Hall–Kier alpha value is -3.00. The van der Waals surface area contributed by atoms with Crippen molar-refractivity contribution in [2.45, 2.75) is 50.3 Å². The monoisotopic (exact) mass is 436 g/mol. The molecule has 7 nitrogen and oxygen atoms in total. The molecule has 1 saturated heterocycles. The van der Waals surface area contributed by atoms with E-state index in [2.05, 4.69) is 10.6 Å². The lowest BCUT2D eigenvalue weighted by Crippen LogP contribution is -2.58. The summed E-state index contributed by atoms with van der Waals surface area (Å²) in [5, 5.41) is 15.7. The van der Waals surface area contributed by atoms with Crippen LogP contribution in [0.4, 0.5) is 0 Å². The van der Waals surface area contributed by atoms with E-state index in [4.69, 9.17) is 9.47 Å². The highest BCUT2D eigenvalue weighted by molar-refractivity contribution is 5.95. The third-order valence-electron chi connectivity index (χ3n) is 5.70. The normalized spacial score (nSPS) is 26.0. The number of amides is 2. The van der Waals surface area contributed by atoms with Crippen molar-refractivity contribution >= 4 is 11.8 Å². The lowest BCUT2D eigenvalue weighted by atomic mass is 9.84. The van der Waals surface area contributed by atoms with Gasteiger partial charge in [0.2, 0.25) is 0 Å². The van der Waals surface area contributed by atoms with Crippen LogP contribution in [0.2, 0.25) is 0 Å². The number of hydrogen-bond donors (Lipinski definition) is 3. The number of rotatable bonds is 6. The number of nitrogens with one attached hydrogen (secondary N) is 2. The lowest BCUT2D eigenvalue weighted by molar-refractivity contribution is -0.148. The fourth-order valence-electron chi connectivity index (χ4n) is 4.30. The van der Waals surface area contributed by atoms with Crippen LogP contribution in [0, 0.1) is 0 Å². The zero-order valence-electron chi connectivity index (χ0n) is 18.2.